The molecule has 1 aromatic rings. The number of nitrogens with two attached hydrogens (primary N) is 1. The lowest BCUT2D eigenvalue weighted by atomic mass is 10.2. The second kappa shape index (κ2) is 5.61. The van der Waals surface area contributed by atoms with Crippen LogP contribution in [0.4, 0.5) is 11.4 Å². The van der Waals surface area contributed by atoms with E-state index in [4.69, 9.17) is 10.5 Å². The van der Waals surface area contributed by atoms with Crippen LogP contribution < -0.4 is 15.4 Å². The van der Waals surface area contributed by atoms with Crippen molar-refractivity contribution >= 4 is 11.4 Å². The van der Waals surface area contributed by atoms with E-state index in [1.54, 1.807) is 13.0 Å². The van der Waals surface area contributed by atoms with Crippen molar-refractivity contribution in [2.45, 2.75) is 27.1 Å². The summed E-state index contributed by atoms with van der Waals surface area (Å²) in [5.41, 5.74) is 7.36. The maximum absolute atomic E-state index is 9.18. The lowest BCUT2D eigenvalue weighted by Gasteiger charge is -2.22. The molecule has 0 aliphatic heterocycles. The summed E-state index contributed by atoms with van der Waals surface area (Å²) in [6.45, 7) is 7.59. The largest absolute Gasteiger partial charge is 0.463 e. The maximum atomic E-state index is 9.18. The van der Waals surface area contributed by atoms with Crippen molar-refractivity contribution in [2.75, 3.05) is 23.7 Å². The molecule has 90 valence electrons. The Kier molecular flexibility index (Phi) is 4.43. The normalized spacial score (nSPS) is 12.2. The van der Waals surface area contributed by atoms with Crippen LogP contribution in [0.1, 0.15) is 20.8 Å². The summed E-state index contributed by atoms with van der Waals surface area (Å²) in [5, 5.41) is 9.18. The van der Waals surface area contributed by atoms with Crippen LogP contribution in [0.2, 0.25) is 0 Å². The van der Waals surface area contributed by atoms with Crippen LogP contribution in [0.3, 0.4) is 0 Å². The smallest absolute Gasteiger partial charge is 0.194 e. The molecule has 0 amide bonds. The third-order valence-electron chi connectivity index (χ3n) is 2.42. The summed E-state index contributed by atoms with van der Waals surface area (Å²) < 4.78 is 5.23. The lowest BCUT2D eigenvalue weighted by molar-refractivity contribution is 0.000308. The molecule has 0 aromatic heterocycles. The first-order valence-electron chi connectivity index (χ1n) is 5.57. The molecule has 1 atom stereocenters. The van der Waals surface area contributed by atoms with E-state index < -0.39 is 6.29 Å². The molecule has 1 aromatic carbocycles. The predicted molar refractivity (Wildman–Crippen MR) is 66.7 cm³/mol. The van der Waals surface area contributed by atoms with Crippen molar-refractivity contribution in [2.24, 2.45) is 0 Å². The number of aliphatic hydroxyl groups is 1. The molecule has 0 heterocycles. The summed E-state index contributed by atoms with van der Waals surface area (Å²) in [4.78, 5) is 2.19. The van der Waals surface area contributed by atoms with Gasteiger partial charge in [0.1, 0.15) is 5.75 Å². The molecule has 0 saturated carbocycles. The highest BCUT2D eigenvalue weighted by Gasteiger charge is 2.08. The van der Waals surface area contributed by atoms with E-state index in [1.165, 1.54) is 0 Å². The summed E-state index contributed by atoms with van der Waals surface area (Å²) in [5.74, 6) is 0.527. The fourth-order valence-corrected chi connectivity index (χ4v) is 1.59. The number of hydrogen-bond donors (Lipinski definition) is 2. The maximum Gasteiger partial charge on any atom is 0.194 e. The van der Waals surface area contributed by atoms with Crippen LogP contribution in [0.5, 0.6) is 5.75 Å². The van der Waals surface area contributed by atoms with Gasteiger partial charge in [-0.1, -0.05) is 0 Å². The molecule has 1 rings (SSSR count). The number of nitrogen functional groups attached to an aromatic ring is 1. The minimum absolute atomic E-state index is 0.527. The van der Waals surface area contributed by atoms with Gasteiger partial charge in [0.15, 0.2) is 6.29 Å². The zero-order chi connectivity index (χ0) is 12.1. The van der Waals surface area contributed by atoms with E-state index in [0.717, 1.165) is 18.8 Å². The van der Waals surface area contributed by atoms with E-state index in [1.807, 2.05) is 12.1 Å². The fraction of sp³-hybridized carbons (Fsp3) is 0.500. The molecule has 3 N–H and O–H groups in total. The zero-order valence-corrected chi connectivity index (χ0v) is 10.1. The first-order chi connectivity index (χ1) is 7.58. The minimum atomic E-state index is -0.853. The second-order valence-electron chi connectivity index (χ2n) is 3.61. The molecule has 0 aliphatic rings. The van der Waals surface area contributed by atoms with Gasteiger partial charge in [-0.25, -0.2) is 0 Å². The molecular formula is C12H20N2O2. The Bertz CT molecular complexity index is 336. The van der Waals surface area contributed by atoms with Crippen LogP contribution in [0, 0.1) is 0 Å². The van der Waals surface area contributed by atoms with Gasteiger partial charge in [-0.05, 0) is 32.9 Å². The molecule has 16 heavy (non-hydrogen) atoms. The predicted octanol–water partition coefficient (Wildman–Crippen LogP) is 1.83. The van der Waals surface area contributed by atoms with Gasteiger partial charge >= 0.3 is 0 Å². The van der Waals surface area contributed by atoms with Gasteiger partial charge in [0.05, 0.1) is 5.69 Å². The Balaban J connectivity index is 2.96. The molecular weight excluding hydrogens is 204 g/mol. The van der Waals surface area contributed by atoms with Crippen LogP contribution >= 0.6 is 0 Å². The van der Waals surface area contributed by atoms with Crippen molar-refractivity contribution in [3.05, 3.63) is 18.2 Å². The minimum Gasteiger partial charge on any atom is -0.463 e. The van der Waals surface area contributed by atoms with Gasteiger partial charge in [0, 0.05) is 24.8 Å². The molecule has 1 unspecified atom stereocenters. The van der Waals surface area contributed by atoms with Crippen molar-refractivity contribution in [3.8, 4) is 5.75 Å². The van der Waals surface area contributed by atoms with E-state index in [9.17, 15) is 5.11 Å². The number of nitrogens with zero attached hydrogens (tertiary/aromatic N) is 1. The first-order valence-corrected chi connectivity index (χ1v) is 5.57. The SMILES string of the molecule is CCN(CC)c1ccc(N)c(OC(C)O)c1. The number of hydrogen-bond acceptors (Lipinski definition) is 4. The monoisotopic (exact) mass is 224 g/mol. The van der Waals surface area contributed by atoms with Gasteiger partial charge in [0.2, 0.25) is 0 Å². The van der Waals surface area contributed by atoms with Gasteiger partial charge in [-0.2, -0.15) is 0 Å². The molecule has 0 saturated heterocycles. The standard InChI is InChI=1S/C12H20N2O2/c1-4-14(5-2)10-6-7-11(13)12(8-10)16-9(3)15/h6-9,15H,4-5,13H2,1-3H3. The van der Waals surface area contributed by atoms with Gasteiger partial charge < -0.3 is 20.5 Å². The fourth-order valence-electron chi connectivity index (χ4n) is 1.59. The average molecular weight is 224 g/mol. The van der Waals surface area contributed by atoms with Crippen LogP contribution in [-0.2, 0) is 0 Å². The Hall–Kier alpha value is -1.42. The van der Waals surface area contributed by atoms with Crippen molar-refractivity contribution in [1.82, 2.24) is 0 Å². The number of anilines is 2. The third kappa shape index (κ3) is 3.03. The molecule has 0 aliphatic carbocycles. The highest BCUT2D eigenvalue weighted by molar-refractivity contribution is 5.62. The van der Waals surface area contributed by atoms with Crippen molar-refractivity contribution in [3.63, 3.8) is 0 Å². The van der Waals surface area contributed by atoms with Gasteiger partial charge in [0.25, 0.3) is 0 Å². The Morgan fingerprint density at radius 3 is 2.50 bits per heavy atom. The molecule has 0 spiro atoms. The second-order valence-corrected chi connectivity index (χ2v) is 3.61. The number of aliphatic hydroxyl groups excluding tert-OH is 1. The summed E-state index contributed by atoms with van der Waals surface area (Å²) >= 11 is 0. The van der Waals surface area contributed by atoms with Gasteiger partial charge in [-0.15, -0.1) is 0 Å². The third-order valence-corrected chi connectivity index (χ3v) is 2.42. The summed E-state index contributed by atoms with van der Waals surface area (Å²) in [6.07, 6.45) is -0.853. The number of rotatable bonds is 5. The molecule has 0 bridgehead atoms. The summed E-state index contributed by atoms with van der Waals surface area (Å²) in [6, 6.07) is 5.61. The van der Waals surface area contributed by atoms with E-state index in [2.05, 4.69) is 18.7 Å². The molecule has 4 nitrogen and oxygen atoms in total. The number of ether oxygens (including phenoxy) is 1. The van der Waals surface area contributed by atoms with Crippen LogP contribution in [0.25, 0.3) is 0 Å². The molecule has 4 heteroatoms. The number of benzene rings is 1. The topological polar surface area (TPSA) is 58.7 Å². The van der Waals surface area contributed by atoms with E-state index in [0.29, 0.717) is 11.4 Å². The Labute approximate surface area is 96.6 Å². The lowest BCUT2D eigenvalue weighted by Crippen LogP contribution is -2.22. The average Bonchev–Trinajstić information content (AvgIpc) is 2.23. The highest BCUT2D eigenvalue weighted by atomic mass is 16.6. The van der Waals surface area contributed by atoms with E-state index >= 15 is 0 Å². The van der Waals surface area contributed by atoms with Crippen LogP contribution in [-0.4, -0.2) is 24.5 Å². The quantitative estimate of drug-likeness (QED) is 0.592. The zero-order valence-electron chi connectivity index (χ0n) is 10.1. The Morgan fingerprint density at radius 2 is 2.00 bits per heavy atom. The summed E-state index contributed by atoms with van der Waals surface area (Å²) in [7, 11) is 0. The van der Waals surface area contributed by atoms with Crippen molar-refractivity contribution in [1.29, 1.82) is 0 Å². The van der Waals surface area contributed by atoms with E-state index in [-0.39, 0.29) is 0 Å². The molecule has 0 radical (unpaired) electrons. The molecule has 0 fully saturated rings. The van der Waals surface area contributed by atoms with Crippen molar-refractivity contribution < 1.29 is 9.84 Å². The Morgan fingerprint density at radius 1 is 1.38 bits per heavy atom. The highest BCUT2D eigenvalue weighted by Crippen LogP contribution is 2.28. The van der Waals surface area contributed by atoms with Gasteiger partial charge in [-0.3, -0.25) is 0 Å². The van der Waals surface area contributed by atoms with Crippen LogP contribution in [0.15, 0.2) is 18.2 Å². The first kappa shape index (κ1) is 12.6.